The van der Waals surface area contributed by atoms with E-state index < -0.39 is 29.5 Å². The lowest BCUT2D eigenvalue weighted by molar-refractivity contribution is -0.264. The Morgan fingerprint density at radius 3 is 2.19 bits per heavy atom. The van der Waals surface area contributed by atoms with E-state index in [9.17, 15) is 27.9 Å². The summed E-state index contributed by atoms with van der Waals surface area (Å²) in [5.74, 6) is -1.36. The van der Waals surface area contributed by atoms with Crippen LogP contribution in [0.5, 0.6) is 0 Å². The van der Waals surface area contributed by atoms with Gasteiger partial charge >= 0.3 is 6.18 Å². The number of hydrogen-bond acceptors (Lipinski definition) is 4. The van der Waals surface area contributed by atoms with Crippen LogP contribution in [0.25, 0.3) is 0 Å². The normalized spacial score (nSPS) is 15.8. The zero-order valence-corrected chi connectivity index (χ0v) is 18.0. The van der Waals surface area contributed by atoms with Crippen molar-refractivity contribution in [3.05, 3.63) is 62.6 Å². The van der Waals surface area contributed by atoms with Crippen molar-refractivity contribution in [3.8, 4) is 0 Å². The Morgan fingerprint density at radius 1 is 1.03 bits per heavy atom. The number of halogens is 6. The van der Waals surface area contributed by atoms with E-state index in [2.05, 4.69) is 10.9 Å². The summed E-state index contributed by atoms with van der Waals surface area (Å²) in [6, 6.07) is 6.72. The Kier molecular flexibility index (Phi) is 6.76. The highest BCUT2D eigenvalue weighted by Gasteiger charge is 2.56. The van der Waals surface area contributed by atoms with E-state index in [1.165, 1.54) is 24.3 Å². The zero-order valence-electron chi connectivity index (χ0n) is 15.7. The van der Waals surface area contributed by atoms with Crippen molar-refractivity contribution >= 4 is 52.2 Å². The average Bonchev–Trinajstić information content (AvgIpc) is 3.50. The molecule has 3 rings (SSSR count). The molecule has 31 heavy (non-hydrogen) atoms. The first-order chi connectivity index (χ1) is 14.4. The van der Waals surface area contributed by atoms with Gasteiger partial charge in [0.1, 0.15) is 0 Å². The molecular formula is C20H16Cl3F3N2O3. The lowest BCUT2D eigenvalue weighted by Gasteiger charge is -2.30. The fourth-order valence-electron chi connectivity index (χ4n) is 2.86. The summed E-state index contributed by atoms with van der Waals surface area (Å²) >= 11 is 17.6. The minimum atomic E-state index is -5.19. The van der Waals surface area contributed by atoms with Crippen LogP contribution in [-0.4, -0.2) is 23.0 Å². The van der Waals surface area contributed by atoms with E-state index in [4.69, 9.17) is 34.8 Å². The van der Waals surface area contributed by atoms with Crippen molar-refractivity contribution in [2.75, 3.05) is 5.43 Å². The minimum absolute atomic E-state index is 0.0950. The third kappa shape index (κ3) is 5.44. The first kappa shape index (κ1) is 23.7. The number of carbonyl (C=O) groups excluding carboxylic acids is 2. The molecule has 0 saturated heterocycles. The number of benzene rings is 2. The molecule has 3 N–H and O–H groups in total. The lowest BCUT2D eigenvalue weighted by atomic mass is 9.86. The molecule has 1 atom stereocenters. The third-order valence-corrected chi connectivity index (χ3v) is 5.55. The highest BCUT2D eigenvalue weighted by Crippen LogP contribution is 2.44. The Morgan fingerprint density at radius 2 is 1.65 bits per heavy atom. The summed E-state index contributed by atoms with van der Waals surface area (Å²) in [4.78, 5) is 24.4. The third-order valence-electron chi connectivity index (χ3n) is 4.78. The lowest BCUT2D eigenvalue weighted by Crippen LogP contribution is -2.44. The van der Waals surface area contributed by atoms with Gasteiger partial charge in [0.2, 0.25) is 5.91 Å². The van der Waals surface area contributed by atoms with Crippen LogP contribution in [0.3, 0.4) is 0 Å². The number of Topliss-reactive ketones (excluding diaryl/α,β-unsaturated/α-hetero) is 1. The van der Waals surface area contributed by atoms with E-state index in [1.807, 2.05) is 0 Å². The second kappa shape index (κ2) is 8.86. The predicted octanol–water partition coefficient (Wildman–Crippen LogP) is 5.52. The Balaban J connectivity index is 1.86. The summed E-state index contributed by atoms with van der Waals surface area (Å²) in [6.07, 6.45) is -4.97. The maximum absolute atomic E-state index is 13.8. The van der Waals surface area contributed by atoms with Crippen molar-refractivity contribution in [1.29, 1.82) is 0 Å². The van der Waals surface area contributed by atoms with Crippen molar-refractivity contribution in [2.45, 2.75) is 31.0 Å². The molecule has 0 radical (unpaired) electrons. The predicted molar refractivity (Wildman–Crippen MR) is 111 cm³/mol. The molecule has 2 aromatic carbocycles. The summed E-state index contributed by atoms with van der Waals surface area (Å²) in [7, 11) is 0. The molecule has 2 aromatic rings. The molecule has 5 nitrogen and oxygen atoms in total. The molecule has 1 aliphatic rings. The van der Waals surface area contributed by atoms with Gasteiger partial charge in [0.25, 0.3) is 0 Å². The Hall–Kier alpha value is -2.00. The largest absolute Gasteiger partial charge is 0.421 e. The van der Waals surface area contributed by atoms with E-state index >= 15 is 0 Å². The number of carbonyl (C=O) groups is 2. The number of amides is 1. The quantitative estimate of drug-likeness (QED) is 0.349. The van der Waals surface area contributed by atoms with Gasteiger partial charge in [-0.15, -0.1) is 0 Å². The van der Waals surface area contributed by atoms with Crippen molar-refractivity contribution < 1.29 is 27.9 Å². The first-order valence-electron chi connectivity index (χ1n) is 9.05. The van der Waals surface area contributed by atoms with Gasteiger partial charge in [-0.2, -0.15) is 13.2 Å². The number of ketones is 1. The number of rotatable bonds is 7. The van der Waals surface area contributed by atoms with Crippen LogP contribution in [0.1, 0.15) is 35.2 Å². The van der Waals surface area contributed by atoms with Crippen molar-refractivity contribution in [2.24, 2.45) is 5.92 Å². The molecule has 0 aliphatic heterocycles. The van der Waals surface area contributed by atoms with Gasteiger partial charge in [-0.05, 0) is 54.8 Å². The van der Waals surface area contributed by atoms with Crippen molar-refractivity contribution in [1.82, 2.24) is 5.43 Å². The molecule has 1 saturated carbocycles. The van der Waals surface area contributed by atoms with Crippen LogP contribution in [0.15, 0.2) is 36.4 Å². The van der Waals surface area contributed by atoms with Crippen LogP contribution in [-0.2, 0) is 10.4 Å². The van der Waals surface area contributed by atoms with Gasteiger partial charge < -0.3 is 5.11 Å². The van der Waals surface area contributed by atoms with Gasteiger partial charge in [-0.25, -0.2) is 0 Å². The van der Waals surface area contributed by atoms with E-state index in [0.29, 0.717) is 0 Å². The molecule has 1 aliphatic carbocycles. The molecule has 0 bridgehead atoms. The molecule has 1 amide bonds. The van der Waals surface area contributed by atoms with Crippen molar-refractivity contribution in [3.63, 3.8) is 0 Å². The van der Waals surface area contributed by atoms with Crippen LogP contribution in [0.2, 0.25) is 15.1 Å². The SMILES string of the molecule is O=C(CC(O)(c1cc(Cl)cc(Cl)c1)C(F)(F)F)c1ccc(Cl)c(NNC(=O)C2CC2)c1. The highest BCUT2D eigenvalue weighted by atomic mass is 35.5. The molecule has 0 aromatic heterocycles. The second-order valence-corrected chi connectivity index (χ2v) is 8.48. The molecule has 0 spiro atoms. The average molecular weight is 496 g/mol. The van der Waals surface area contributed by atoms with Gasteiger partial charge in [-0.3, -0.25) is 20.4 Å². The summed E-state index contributed by atoms with van der Waals surface area (Å²) in [5, 5.41) is 10.4. The molecule has 166 valence electrons. The second-order valence-electron chi connectivity index (χ2n) is 7.20. The number of alkyl halides is 3. The molecular weight excluding hydrogens is 480 g/mol. The van der Waals surface area contributed by atoms with Gasteiger partial charge in [-0.1, -0.05) is 34.8 Å². The number of hydrogen-bond donors (Lipinski definition) is 3. The Labute approximate surface area is 190 Å². The van der Waals surface area contributed by atoms with Crippen LogP contribution in [0, 0.1) is 5.92 Å². The fraction of sp³-hybridized carbons (Fsp3) is 0.300. The minimum Gasteiger partial charge on any atom is -0.376 e. The molecule has 1 unspecified atom stereocenters. The van der Waals surface area contributed by atoms with E-state index in [1.54, 1.807) is 0 Å². The number of anilines is 1. The van der Waals surface area contributed by atoms with Gasteiger partial charge in [0, 0.05) is 21.5 Å². The Bertz CT molecular complexity index is 1010. The topological polar surface area (TPSA) is 78.4 Å². The van der Waals surface area contributed by atoms with Gasteiger partial charge in [0.15, 0.2) is 11.4 Å². The molecule has 11 heteroatoms. The maximum Gasteiger partial charge on any atom is 0.421 e. The monoisotopic (exact) mass is 494 g/mol. The smallest absolute Gasteiger partial charge is 0.376 e. The first-order valence-corrected chi connectivity index (χ1v) is 10.2. The summed E-state index contributed by atoms with van der Waals surface area (Å²) < 4.78 is 41.4. The van der Waals surface area contributed by atoms with Crippen LogP contribution >= 0.6 is 34.8 Å². The standard InChI is InChI=1S/C20H16Cl3F3N2O3/c21-13-6-12(7-14(22)8-13)19(31,20(24,25)26)9-17(29)11-3-4-15(23)16(5-11)27-28-18(30)10-1-2-10/h3-8,10,27,31H,1-2,9H2,(H,28,30). The maximum atomic E-state index is 13.8. The number of hydrazine groups is 1. The number of nitrogens with one attached hydrogen (secondary N) is 2. The van der Waals surface area contributed by atoms with Gasteiger partial charge in [0.05, 0.1) is 17.1 Å². The highest BCUT2D eigenvalue weighted by molar-refractivity contribution is 6.34. The molecule has 1 fully saturated rings. The fourth-order valence-corrected chi connectivity index (χ4v) is 3.55. The zero-order chi connectivity index (χ0) is 23.0. The number of aliphatic hydroxyl groups is 1. The van der Waals surface area contributed by atoms with E-state index in [0.717, 1.165) is 25.0 Å². The van der Waals surface area contributed by atoms with Crippen LogP contribution in [0.4, 0.5) is 18.9 Å². The molecule has 0 heterocycles. The van der Waals surface area contributed by atoms with E-state index in [-0.39, 0.29) is 38.1 Å². The summed E-state index contributed by atoms with van der Waals surface area (Å²) in [6.45, 7) is 0. The summed E-state index contributed by atoms with van der Waals surface area (Å²) in [5.41, 5.74) is 0.800. The van der Waals surface area contributed by atoms with Crippen LogP contribution < -0.4 is 10.9 Å².